The molecule has 43 heavy (non-hydrogen) atoms. The smallest absolute Gasteiger partial charge is 0.247 e. The first-order valence-corrected chi connectivity index (χ1v) is 16.7. The summed E-state index contributed by atoms with van der Waals surface area (Å²) in [5.74, 6) is -0.970. The molecule has 4 rings (SSSR count). The molecule has 1 aromatic carbocycles. The molecule has 3 aliphatic heterocycles. The number of amides is 3. The second-order valence-corrected chi connectivity index (χ2v) is 14.1. The lowest BCUT2D eigenvalue weighted by molar-refractivity contribution is -0.146. The fourth-order valence-electron chi connectivity index (χ4n) is 7.51. The molecule has 8 nitrogen and oxygen atoms in total. The normalized spacial score (nSPS) is 28.0. The number of hydrogen-bond acceptors (Lipinski definition) is 6. The Morgan fingerprint density at radius 1 is 1.12 bits per heavy atom. The highest BCUT2D eigenvalue weighted by molar-refractivity contribution is 8.02. The number of anilines is 1. The van der Waals surface area contributed by atoms with Gasteiger partial charge in [0.25, 0.3) is 0 Å². The van der Waals surface area contributed by atoms with Crippen molar-refractivity contribution in [2.75, 3.05) is 37.7 Å². The standard InChI is InChI=1S/C34H49N3O5S/c1-7-12-13-22-35(20-8-2)32(41)29-34-19-18-33(6,43-34)27(28(34)31(40)37(29)24(10-4)23-38)30(39)36(21-9-3)25-14-16-26(17-15-25)42-11-5/h8-9,14-17,24,27-29,38H,2-3,7,10-13,18-23H2,1,4-6H3/t24-,27-,28-,29?,33+,34?/m0/s1. The van der Waals surface area contributed by atoms with Crippen molar-refractivity contribution in [3.05, 3.63) is 49.6 Å². The minimum atomic E-state index is -0.744. The summed E-state index contributed by atoms with van der Waals surface area (Å²) >= 11 is 1.66. The summed E-state index contributed by atoms with van der Waals surface area (Å²) in [6.45, 7) is 17.4. The highest BCUT2D eigenvalue weighted by Gasteiger charge is 2.78. The predicted molar refractivity (Wildman–Crippen MR) is 173 cm³/mol. The quantitative estimate of drug-likeness (QED) is 0.208. The van der Waals surface area contributed by atoms with Crippen LogP contribution in [0, 0.1) is 11.8 Å². The summed E-state index contributed by atoms with van der Waals surface area (Å²) in [5, 5.41) is 10.4. The van der Waals surface area contributed by atoms with Crippen LogP contribution in [0.15, 0.2) is 49.6 Å². The van der Waals surface area contributed by atoms with Crippen molar-refractivity contribution in [1.29, 1.82) is 0 Å². The van der Waals surface area contributed by atoms with E-state index in [9.17, 15) is 19.5 Å². The minimum absolute atomic E-state index is 0.0990. The van der Waals surface area contributed by atoms with Crippen LogP contribution in [0.4, 0.5) is 5.69 Å². The first kappa shape index (κ1) is 33.1. The van der Waals surface area contributed by atoms with Crippen LogP contribution in [0.5, 0.6) is 5.75 Å². The number of fused-ring (bicyclic) bond motifs is 1. The Morgan fingerprint density at radius 3 is 2.40 bits per heavy atom. The molecule has 0 radical (unpaired) electrons. The van der Waals surface area contributed by atoms with E-state index in [1.807, 2.05) is 43.0 Å². The maximum atomic E-state index is 14.6. The largest absolute Gasteiger partial charge is 0.494 e. The van der Waals surface area contributed by atoms with Crippen molar-refractivity contribution < 1.29 is 24.2 Å². The molecule has 3 aliphatic rings. The predicted octanol–water partition coefficient (Wildman–Crippen LogP) is 5.06. The van der Waals surface area contributed by atoms with E-state index in [4.69, 9.17) is 4.74 Å². The van der Waals surface area contributed by atoms with Gasteiger partial charge in [0, 0.05) is 30.1 Å². The number of aliphatic hydroxyl groups is 1. The van der Waals surface area contributed by atoms with Gasteiger partial charge in [-0.3, -0.25) is 14.4 Å². The van der Waals surface area contributed by atoms with Gasteiger partial charge in [-0.25, -0.2) is 0 Å². The molecule has 3 fully saturated rings. The highest BCUT2D eigenvalue weighted by atomic mass is 32.2. The number of likely N-dealkylation sites (tertiary alicyclic amines) is 1. The molecule has 236 valence electrons. The van der Waals surface area contributed by atoms with Crippen molar-refractivity contribution in [1.82, 2.24) is 9.80 Å². The molecule has 3 saturated heterocycles. The molecule has 2 bridgehead atoms. The van der Waals surface area contributed by atoms with Crippen LogP contribution in [0.25, 0.3) is 0 Å². The van der Waals surface area contributed by atoms with Crippen LogP contribution in [0.1, 0.15) is 66.2 Å². The van der Waals surface area contributed by atoms with E-state index in [-0.39, 0.29) is 24.3 Å². The summed E-state index contributed by atoms with van der Waals surface area (Å²) in [5.41, 5.74) is 0.712. The average Bonchev–Trinajstić information content (AvgIpc) is 3.57. The summed E-state index contributed by atoms with van der Waals surface area (Å²) in [7, 11) is 0. The maximum absolute atomic E-state index is 14.6. The van der Waals surface area contributed by atoms with E-state index in [1.165, 1.54) is 0 Å². The Balaban J connectivity index is 1.77. The molecule has 9 heteroatoms. The van der Waals surface area contributed by atoms with Gasteiger partial charge in [0.1, 0.15) is 11.8 Å². The third-order valence-electron chi connectivity index (χ3n) is 9.52. The van der Waals surface area contributed by atoms with Gasteiger partial charge in [0.15, 0.2) is 0 Å². The second kappa shape index (κ2) is 13.9. The lowest BCUT2D eigenvalue weighted by Gasteiger charge is -2.39. The SMILES string of the molecule is C=CCN(CCCCC)C(=O)C1N([C@@H](CC)CO)C(=O)[C@@H]2[C@@H](C(=O)N(CC=C)c3ccc(OCC)cc3)[C@@]3(C)CCC12S3. The molecular formula is C34H49N3O5S. The van der Waals surface area contributed by atoms with Gasteiger partial charge in [-0.05, 0) is 63.8 Å². The van der Waals surface area contributed by atoms with Gasteiger partial charge in [-0.15, -0.1) is 24.9 Å². The molecule has 0 aliphatic carbocycles. The van der Waals surface area contributed by atoms with E-state index >= 15 is 0 Å². The number of carbonyl (C=O) groups is 3. The van der Waals surface area contributed by atoms with E-state index in [1.54, 1.807) is 33.7 Å². The van der Waals surface area contributed by atoms with Gasteiger partial charge < -0.3 is 24.5 Å². The van der Waals surface area contributed by atoms with Crippen LogP contribution in [-0.4, -0.2) is 87.1 Å². The van der Waals surface area contributed by atoms with Crippen LogP contribution in [0.2, 0.25) is 0 Å². The van der Waals surface area contributed by atoms with Crippen LogP contribution in [0.3, 0.4) is 0 Å². The Hall–Kier alpha value is -2.78. The van der Waals surface area contributed by atoms with Crippen molar-refractivity contribution >= 4 is 35.2 Å². The number of thioether (sulfide) groups is 1. The molecule has 1 spiro atoms. The van der Waals surface area contributed by atoms with E-state index in [2.05, 4.69) is 27.0 Å². The topological polar surface area (TPSA) is 90.4 Å². The van der Waals surface area contributed by atoms with Gasteiger partial charge in [0.05, 0.1) is 35.8 Å². The van der Waals surface area contributed by atoms with Crippen LogP contribution < -0.4 is 9.64 Å². The summed E-state index contributed by atoms with van der Waals surface area (Å²) in [6, 6.07) is 6.17. The van der Waals surface area contributed by atoms with Gasteiger partial charge in [-0.2, -0.15) is 0 Å². The Labute approximate surface area is 261 Å². The summed E-state index contributed by atoms with van der Waals surface area (Å²) < 4.78 is 4.36. The highest BCUT2D eigenvalue weighted by Crippen LogP contribution is 2.72. The number of benzene rings is 1. The molecule has 1 N–H and O–H groups in total. The molecule has 3 amide bonds. The number of carbonyl (C=O) groups excluding carboxylic acids is 3. The molecule has 0 aromatic heterocycles. The molecule has 0 saturated carbocycles. The minimum Gasteiger partial charge on any atom is -0.494 e. The van der Waals surface area contributed by atoms with Gasteiger partial charge >= 0.3 is 0 Å². The third-order valence-corrected chi connectivity index (χ3v) is 11.5. The zero-order valence-corrected chi connectivity index (χ0v) is 27.1. The fourth-order valence-corrected chi connectivity index (χ4v) is 9.84. The molecular weight excluding hydrogens is 562 g/mol. The number of rotatable bonds is 16. The van der Waals surface area contributed by atoms with E-state index in [0.29, 0.717) is 44.8 Å². The van der Waals surface area contributed by atoms with E-state index in [0.717, 1.165) is 31.4 Å². The molecule has 2 unspecified atom stereocenters. The first-order valence-electron chi connectivity index (χ1n) is 15.9. The van der Waals surface area contributed by atoms with Gasteiger partial charge in [-0.1, -0.05) is 38.8 Å². The zero-order chi connectivity index (χ0) is 31.4. The van der Waals surface area contributed by atoms with Crippen LogP contribution in [-0.2, 0) is 14.4 Å². The lowest BCUT2D eigenvalue weighted by atomic mass is 9.66. The van der Waals surface area contributed by atoms with Gasteiger partial charge in [0.2, 0.25) is 17.7 Å². The molecule has 1 aromatic rings. The monoisotopic (exact) mass is 611 g/mol. The van der Waals surface area contributed by atoms with Crippen LogP contribution >= 0.6 is 11.8 Å². The average molecular weight is 612 g/mol. The number of ether oxygens (including phenoxy) is 1. The lowest BCUT2D eigenvalue weighted by Crippen LogP contribution is -2.57. The van der Waals surface area contributed by atoms with Crippen molar-refractivity contribution in [3.63, 3.8) is 0 Å². The Bertz CT molecular complexity index is 1190. The number of aliphatic hydroxyl groups excluding tert-OH is 1. The fraction of sp³-hybridized carbons (Fsp3) is 0.618. The summed E-state index contributed by atoms with van der Waals surface area (Å²) in [4.78, 5) is 48.9. The molecule has 6 atom stereocenters. The Kier molecular flexibility index (Phi) is 10.7. The first-order chi connectivity index (χ1) is 20.7. The zero-order valence-electron chi connectivity index (χ0n) is 26.3. The third kappa shape index (κ3) is 5.87. The van der Waals surface area contributed by atoms with Crippen molar-refractivity contribution in [3.8, 4) is 5.75 Å². The summed E-state index contributed by atoms with van der Waals surface area (Å²) in [6.07, 6.45) is 8.26. The maximum Gasteiger partial charge on any atom is 0.247 e. The molecule has 3 heterocycles. The van der Waals surface area contributed by atoms with E-state index < -0.39 is 33.4 Å². The van der Waals surface area contributed by atoms with Crippen molar-refractivity contribution in [2.45, 2.75) is 87.8 Å². The second-order valence-electron chi connectivity index (χ2n) is 12.2. The van der Waals surface area contributed by atoms with Crippen molar-refractivity contribution in [2.24, 2.45) is 11.8 Å². The number of hydrogen-bond donors (Lipinski definition) is 1. The Morgan fingerprint density at radius 2 is 1.81 bits per heavy atom. The number of unbranched alkanes of at least 4 members (excludes halogenated alkanes) is 2. The number of nitrogens with zero attached hydrogens (tertiary/aromatic N) is 3.